The van der Waals surface area contributed by atoms with E-state index in [9.17, 15) is 19.2 Å². The third kappa shape index (κ3) is 4.18. The molecule has 0 spiro atoms. The molecule has 0 aromatic heterocycles. The minimum atomic E-state index is -1.99. The van der Waals surface area contributed by atoms with E-state index in [1.165, 1.54) is 19.3 Å². The van der Waals surface area contributed by atoms with Crippen LogP contribution < -0.4 is 0 Å². The van der Waals surface area contributed by atoms with Crippen molar-refractivity contribution < 1.29 is 38.1 Å². The molecule has 0 radical (unpaired) electrons. The number of esters is 4. The quantitative estimate of drug-likeness (QED) is 0.261. The highest BCUT2D eigenvalue weighted by molar-refractivity contribution is 6.04. The van der Waals surface area contributed by atoms with Crippen molar-refractivity contribution in [2.24, 2.45) is 17.3 Å². The summed E-state index contributed by atoms with van der Waals surface area (Å²) < 4.78 is 19.7. The molecule has 0 heterocycles. The number of carbonyl (C=O) groups is 4. The highest BCUT2D eigenvalue weighted by Crippen LogP contribution is 2.46. The summed E-state index contributed by atoms with van der Waals surface area (Å²) in [6, 6.07) is 0. The molecule has 0 unspecified atom stereocenters. The summed E-state index contributed by atoms with van der Waals surface area (Å²) in [6.07, 6.45) is 2.44. The Bertz CT molecular complexity index is 533. The standard InChI is InChI=1S/C17H24O8/c1-5-23-13(18)10-17(15(20)24-6-2,16(21)25-7-3)12-9-8-11(12)14(19)22-4/h8-9,11-12H,5-7,10H2,1-4H3/t11-,12+/m0/s1. The summed E-state index contributed by atoms with van der Waals surface area (Å²) in [4.78, 5) is 49.4. The molecule has 0 saturated heterocycles. The lowest BCUT2D eigenvalue weighted by molar-refractivity contribution is -0.183. The second-order valence-corrected chi connectivity index (χ2v) is 5.35. The van der Waals surface area contributed by atoms with Gasteiger partial charge in [0.25, 0.3) is 0 Å². The first-order valence-corrected chi connectivity index (χ1v) is 8.15. The van der Waals surface area contributed by atoms with E-state index in [1.54, 1.807) is 20.8 Å². The molecule has 0 amide bonds. The third-order valence-electron chi connectivity index (χ3n) is 3.96. The smallest absolute Gasteiger partial charge is 0.324 e. The fraction of sp³-hybridized carbons (Fsp3) is 0.647. The summed E-state index contributed by atoms with van der Waals surface area (Å²) in [5.41, 5.74) is -1.99. The Balaban J connectivity index is 3.36. The molecular formula is C17H24O8. The van der Waals surface area contributed by atoms with E-state index in [1.807, 2.05) is 0 Å². The first-order chi connectivity index (χ1) is 11.9. The largest absolute Gasteiger partial charge is 0.469 e. The molecular weight excluding hydrogens is 332 g/mol. The molecule has 0 fully saturated rings. The van der Waals surface area contributed by atoms with Crippen LogP contribution in [0.5, 0.6) is 0 Å². The zero-order valence-corrected chi connectivity index (χ0v) is 14.9. The van der Waals surface area contributed by atoms with Crippen LogP contribution in [0.3, 0.4) is 0 Å². The van der Waals surface area contributed by atoms with Gasteiger partial charge in [0.05, 0.1) is 39.3 Å². The van der Waals surface area contributed by atoms with Gasteiger partial charge in [-0.15, -0.1) is 0 Å². The fourth-order valence-electron chi connectivity index (χ4n) is 2.74. The number of ether oxygens (including phenoxy) is 4. The number of allylic oxidation sites excluding steroid dienone is 1. The van der Waals surface area contributed by atoms with Crippen LogP contribution in [0.2, 0.25) is 0 Å². The molecule has 0 saturated carbocycles. The average molecular weight is 356 g/mol. The second-order valence-electron chi connectivity index (χ2n) is 5.35. The normalized spacial score (nSPS) is 18.7. The lowest BCUT2D eigenvalue weighted by Crippen LogP contribution is -2.54. The monoisotopic (exact) mass is 356 g/mol. The molecule has 0 aromatic carbocycles. The van der Waals surface area contributed by atoms with Crippen molar-refractivity contribution in [2.45, 2.75) is 27.2 Å². The molecule has 0 aliphatic heterocycles. The molecule has 1 rings (SSSR count). The van der Waals surface area contributed by atoms with Gasteiger partial charge in [-0.2, -0.15) is 0 Å². The Kier molecular flexibility index (Phi) is 7.60. The van der Waals surface area contributed by atoms with Gasteiger partial charge >= 0.3 is 23.9 Å². The first-order valence-electron chi connectivity index (χ1n) is 8.15. The first kappa shape index (κ1) is 20.7. The number of rotatable bonds is 9. The van der Waals surface area contributed by atoms with E-state index in [2.05, 4.69) is 0 Å². The van der Waals surface area contributed by atoms with E-state index in [4.69, 9.17) is 18.9 Å². The molecule has 8 nitrogen and oxygen atoms in total. The van der Waals surface area contributed by atoms with Crippen LogP contribution in [-0.4, -0.2) is 50.8 Å². The summed E-state index contributed by atoms with van der Waals surface area (Å²) in [6.45, 7) is 4.85. The predicted octanol–water partition coefficient (Wildman–Crippen LogP) is 1.03. The zero-order chi connectivity index (χ0) is 19.0. The SMILES string of the molecule is CCOC(=O)CC(C(=O)OCC)(C(=O)OCC)[C@@H]1C=C[C@@H]1C(=O)OC. The average Bonchev–Trinajstić information content (AvgIpc) is 2.53. The lowest BCUT2D eigenvalue weighted by Gasteiger charge is -2.40. The van der Waals surface area contributed by atoms with E-state index >= 15 is 0 Å². The second kappa shape index (κ2) is 9.19. The summed E-state index contributed by atoms with van der Waals surface area (Å²) in [5.74, 6) is -4.99. The third-order valence-corrected chi connectivity index (χ3v) is 3.96. The molecule has 0 N–H and O–H groups in total. The van der Waals surface area contributed by atoms with Gasteiger partial charge in [-0.25, -0.2) is 0 Å². The topological polar surface area (TPSA) is 105 Å². The van der Waals surface area contributed by atoms with Gasteiger partial charge in [0.1, 0.15) is 0 Å². The van der Waals surface area contributed by atoms with Crippen LogP contribution in [0.25, 0.3) is 0 Å². The van der Waals surface area contributed by atoms with E-state index in [0.717, 1.165) is 0 Å². The van der Waals surface area contributed by atoms with Crippen molar-refractivity contribution in [2.75, 3.05) is 26.9 Å². The zero-order valence-electron chi connectivity index (χ0n) is 14.9. The van der Waals surface area contributed by atoms with Crippen LogP contribution in [0, 0.1) is 17.3 Å². The number of methoxy groups -OCH3 is 1. The lowest BCUT2D eigenvalue weighted by atomic mass is 9.62. The van der Waals surface area contributed by atoms with Crippen LogP contribution >= 0.6 is 0 Å². The van der Waals surface area contributed by atoms with Gasteiger partial charge < -0.3 is 18.9 Å². The summed E-state index contributed by atoms with van der Waals surface area (Å²) >= 11 is 0. The Morgan fingerprint density at radius 2 is 1.40 bits per heavy atom. The van der Waals surface area contributed by atoms with Crippen LogP contribution in [-0.2, 0) is 38.1 Å². The van der Waals surface area contributed by atoms with Crippen molar-refractivity contribution >= 4 is 23.9 Å². The van der Waals surface area contributed by atoms with E-state index < -0.39 is 47.5 Å². The Morgan fingerprint density at radius 3 is 1.76 bits per heavy atom. The summed E-state index contributed by atoms with van der Waals surface area (Å²) in [5, 5.41) is 0. The van der Waals surface area contributed by atoms with Gasteiger partial charge in [0, 0.05) is 5.92 Å². The van der Waals surface area contributed by atoms with Gasteiger partial charge in [-0.3, -0.25) is 19.2 Å². The van der Waals surface area contributed by atoms with E-state index in [-0.39, 0.29) is 19.8 Å². The molecule has 140 valence electrons. The van der Waals surface area contributed by atoms with Crippen LogP contribution in [0.15, 0.2) is 12.2 Å². The molecule has 8 heteroatoms. The molecule has 0 bridgehead atoms. The summed E-state index contributed by atoms with van der Waals surface area (Å²) in [7, 11) is 1.20. The molecule has 1 aliphatic rings. The fourth-order valence-corrected chi connectivity index (χ4v) is 2.74. The molecule has 1 aliphatic carbocycles. The maximum absolute atomic E-state index is 12.7. The van der Waals surface area contributed by atoms with Crippen LogP contribution in [0.4, 0.5) is 0 Å². The van der Waals surface area contributed by atoms with Crippen molar-refractivity contribution in [1.82, 2.24) is 0 Å². The Labute approximate surface area is 146 Å². The van der Waals surface area contributed by atoms with Crippen molar-refractivity contribution in [1.29, 1.82) is 0 Å². The number of hydrogen-bond donors (Lipinski definition) is 0. The van der Waals surface area contributed by atoms with Gasteiger partial charge in [0.15, 0.2) is 5.41 Å². The molecule has 25 heavy (non-hydrogen) atoms. The van der Waals surface area contributed by atoms with Gasteiger partial charge in [-0.1, -0.05) is 12.2 Å². The van der Waals surface area contributed by atoms with Crippen LogP contribution in [0.1, 0.15) is 27.2 Å². The predicted molar refractivity (Wildman–Crippen MR) is 85.1 cm³/mol. The molecule has 2 atom stereocenters. The minimum absolute atomic E-state index is 0.00212. The van der Waals surface area contributed by atoms with Crippen molar-refractivity contribution in [3.8, 4) is 0 Å². The van der Waals surface area contributed by atoms with Crippen molar-refractivity contribution in [3.05, 3.63) is 12.2 Å². The number of carbonyl (C=O) groups excluding carboxylic acids is 4. The highest BCUT2D eigenvalue weighted by Gasteiger charge is 2.61. The highest BCUT2D eigenvalue weighted by atomic mass is 16.6. The van der Waals surface area contributed by atoms with Gasteiger partial charge in [0.2, 0.25) is 0 Å². The maximum atomic E-state index is 12.7. The number of hydrogen-bond acceptors (Lipinski definition) is 8. The van der Waals surface area contributed by atoms with Crippen molar-refractivity contribution in [3.63, 3.8) is 0 Å². The minimum Gasteiger partial charge on any atom is -0.469 e. The molecule has 0 aromatic rings. The Hall–Kier alpha value is -2.38. The Morgan fingerprint density at radius 1 is 0.880 bits per heavy atom. The van der Waals surface area contributed by atoms with E-state index in [0.29, 0.717) is 0 Å². The van der Waals surface area contributed by atoms with Gasteiger partial charge in [-0.05, 0) is 20.8 Å². The maximum Gasteiger partial charge on any atom is 0.324 e.